The van der Waals surface area contributed by atoms with Crippen molar-refractivity contribution in [2.75, 3.05) is 6.61 Å². The number of hydrogen-bond donors (Lipinski definition) is 0. The van der Waals surface area contributed by atoms with Gasteiger partial charge in [-0.3, -0.25) is 9.78 Å². The molecule has 0 amide bonds. The molecule has 0 spiro atoms. The Hall–Kier alpha value is -1.64. The zero-order valence-corrected chi connectivity index (χ0v) is 10.0. The topological polar surface area (TPSA) is 39.2 Å². The minimum absolute atomic E-state index is 0.0656. The van der Waals surface area contributed by atoms with Crippen molar-refractivity contribution in [3.05, 3.63) is 42.2 Å². The molecule has 3 heteroatoms. The number of rotatable bonds is 3. The summed E-state index contributed by atoms with van der Waals surface area (Å²) >= 11 is 0. The predicted molar refractivity (Wildman–Crippen MR) is 65.5 cm³/mol. The van der Waals surface area contributed by atoms with Gasteiger partial charge in [-0.05, 0) is 31.4 Å². The molecule has 0 saturated heterocycles. The first-order chi connectivity index (χ1) is 8.33. The zero-order valence-electron chi connectivity index (χ0n) is 10.0. The predicted octanol–water partition coefficient (Wildman–Crippen LogP) is 2.69. The van der Waals surface area contributed by atoms with Crippen LogP contribution in [-0.4, -0.2) is 17.6 Å². The van der Waals surface area contributed by atoms with Crippen molar-refractivity contribution in [3.63, 3.8) is 0 Å². The Morgan fingerprint density at radius 2 is 2.29 bits per heavy atom. The van der Waals surface area contributed by atoms with E-state index in [1.165, 1.54) is 0 Å². The molecule has 1 aromatic rings. The van der Waals surface area contributed by atoms with Crippen molar-refractivity contribution < 1.29 is 9.53 Å². The van der Waals surface area contributed by atoms with Gasteiger partial charge in [-0.15, -0.1) is 0 Å². The summed E-state index contributed by atoms with van der Waals surface area (Å²) in [6.45, 7) is 2.29. The molecule has 3 nitrogen and oxygen atoms in total. The van der Waals surface area contributed by atoms with Crippen molar-refractivity contribution in [3.8, 4) is 0 Å². The lowest BCUT2D eigenvalue weighted by Crippen LogP contribution is -2.26. The number of carbonyl (C=O) groups is 1. The van der Waals surface area contributed by atoms with Gasteiger partial charge < -0.3 is 4.74 Å². The van der Waals surface area contributed by atoms with Crippen LogP contribution in [0.25, 0.3) is 0 Å². The molecule has 17 heavy (non-hydrogen) atoms. The van der Waals surface area contributed by atoms with E-state index in [9.17, 15) is 4.79 Å². The Balaban J connectivity index is 2.19. The van der Waals surface area contributed by atoms with Crippen LogP contribution >= 0.6 is 0 Å². The Labute approximate surface area is 102 Å². The normalized spacial score (nSPS) is 23.4. The van der Waals surface area contributed by atoms with Gasteiger partial charge in [-0.1, -0.05) is 18.2 Å². The summed E-state index contributed by atoms with van der Waals surface area (Å²) in [6, 6.07) is 3.94. The Morgan fingerprint density at radius 3 is 3.00 bits per heavy atom. The van der Waals surface area contributed by atoms with Crippen molar-refractivity contribution in [2.24, 2.45) is 5.92 Å². The van der Waals surface area contributed by atoms with Gasteiger partial charge in [0.1, 0.15) is 0 Å². The average Bonchev–Trinajstić information content (AvgIpc) is 2.40. The van der Waals surface area contributed by atoms with E-state index in [1.54, 1.807) is 6.20 Å². The Bertz CT molecular complexity index is 400. The number of ether oxygens (including phenoxy) is 1. The fourth-order valence-electron chi connectivity index (χ4n) is 2.29. The first kappa shape index (κ1) is 11.8. The van der Waals surface area contributed by atoms with Crippen molar-refractivity contribution in [1.29, 1.82) is 0 Å². The van der Waals surface area contributed by atoms with Gasteiger partial charge in [0, 0.05) is 18.3 Å². The van der Waals surface area contributed by atoms with E-state index in [-0.39, 0.29) is 17.8 Å². The molecule has 0 radical (unpaired) electrons. The van der Waals surface area contributed by atoms with Crippen molar-refractivity contribution >= 4 is 5.97 Å². The summed E-state index contributed by atoms with van der Waals surface area (Å²) in [5, 5.41) is 0. The third kappa shape index (κ3) is 2.73. The van der Waals surface area contributed by atoms with E-state index >= 15 is 0 Å². The summed E-state index contributed by atoms with van der Waals surface area (Å²) in [4.78, 5) is 16.0. The first-order valence-corrected chi connectivity index (χ1v) is 6.04. The lowest BCUT2D eigenvalue weighted by Gasteiger charge is -2.26. The van der Waals surface area contributed by atoms with Gasteiger partial charge >= 0.3 is 5.97 Å². The highest BCUT2D eigenvalue weighted by molar-refractivity contribution is 5.74. The minimum atomic E-state index is -0.0919. The quantitative estimate of drug-likeness (QED) is 0.593. The van der Waals surface area contributed by atoms with E-state index in [4.69, 9.17) is 4.74 Å². The highest BCUT2D eigenvalue weighted by Gasteiger charge is 2.31. The molecule has 0 aromatic carbocycles. The van der Waals surface area contributed by atoms with Gasteiger partial charge in [0.2, 0.25) is 0 Å². The summed E-state index contributed by atoms with van der Waals surface area (Å²) in [7, 11) is 0. The van der Waals surface area contributed by atoms with Gasteiger partial charge in [0.25, 0.3) is 0 Å². The first-order valence-electron chi connectivity index (χ1n) is 6.04. The van der Waals surface area contributed by atoms with Crippen LogP contribution in [0.1, 0.15) is 31.2 Å². The van der Waals surface area contributed by atoms with Gasteiger partial charge in [-0.25, -0.2) is 0 Å². The van der Waals surface area contributed by atoms with Crippen molar-refractivity contribution in [2.45, 2.75) is 25.7 Å². The maximum Gasteiger partial charge on any atom is 0.309 e. The number of carbonyl (C=O) groups excluding carboxylic acids is 1. The van der Waals surface area contributed by atoms with Crippen LogP contribution < -0.4 is 0 Å². The summed E-state index contributed by atoms with van der Waals surface area (Å²) < 4.78 is 5.14. The summed E-state index contributed by atoms with van der Waals surface area (Å²) in [5.74, 6) is 0.0441. The molecule has 1 heterocycles. The number of esters is 1. The second-order valence-corrected chi connectivity index (χ2v) is 4.19. The summed E-state index contributed by atoms with van der Waals surface area (Å²) in [6.07, 6.45) is 9.44. The molecule has 0 saturated carbocycles. The number of nitrogens with zero attached hydrogens (tertiary/aromatic N) is 1. The molecule has 2 rings (SSSR count). The number of aromatic nitrogens is 1. The maximum absolute atomic E-state index is 11.9. The highest BCUT2D eigenvalue weighted by Crippen LogP contribution is 2.34. The van der Waals surface area contributed by atoms with Crippen LogP contribution in [0.15, 0.2) is 36.7 Å². The molecular weight excluding hydrogens is 214 g/mol. The molecule has 0 aliphatic heterocycles. The number of hydrogen-bond acceptors (Lipinski definition) is 3. The molecule has 0 bridgehead atoms. The number of allylic oxidation sites excluding steroid dienone is 2. The van der Waals surface area contributed by atoms with Crippen LogP contribution in [0, 0.1) is 5.92 Å². The van der Waals surface area contributed by atoms with Gasteiger partial charge in [-0.2, -0.15) is 0 Å². The van der Waals surface area contributed by atoms with Gasteiger partial charge in [0.15, 0.2) is 0 Å². The molecule has 2 atom stereocenters. The third-order valence-corrected chi connectivity index (χ3v) is 3.13. The Kier molecular flexibility index (Phi) is 3.91. The van der Waals surface area contributed by atoms with E-state index < -0.39 is 0 Å². The van der Waals surface area contributed by atoms with Crippen LogP contribution in [0.2, 0.25) is 0 Å². The fourth-order valence-corrected chi connectivity index (χ4v) is 2.29. The molecule has 0 N–H and O–H groups in total. The molecule has 0 fully saturated rings. The Morgan fingerprint density at radius 1 is 1.47 bits per heavy atom. The van der Waals surface area contributed by atoms with E-state index in [1.807, 2.05) is 25.3 Å². The van der Waals surface area contributed by atoms with Crippen LogP contribution in [-0.2, 0) is 9.53 Å². The molecule has 1 aromatic heterocycles. The molecule has 1 aliphatic rings. The zero-order chi connectivity index (χ0) is 12.1. The second kappa shape index (κ2) is 5.62. The second-order valence-electron chi connectivity index (χ2n) is 4.19. The standard InChI is InChI=1S/C14H17NO2/c1-2-17-14(16)13-8-4-3-7-12(13)11-6-5-9-15-10-11/h3-6,9-10,12-13H,2,7-8H2,1H3/t12-,13+/m0/s1. The molecule has 90 valence electrons. The lowest BCUT2D eigenvalue weighted by atomic mass is 9.79. The number of pyridine rings is 1. The highest BCUT2D eigenvalue weighted by atomic mass is 16.5. The van der Waals surface area contributed by atoms with Crippen LogP contribution in [0.3, 0.4) is 0 Å². The summed E-state index contributed by atoms with van der Waals surface area (Å²) in [5.41, 5.74) is 1.12. The maximum atomic E-state index is 11.9. The lowest BCUT2D eigenvalue weighted by molar-refractivity contribution is -0.148. The van der Waals surface area contributed by atoms with Crippen molar-refractivity contribution in [1.82, 2.24) is 4.98 Å². The van der Waals surface area contributed by atoms with Crippen LogP contribution in [0.4, 0.5) is 0 Å². The van der Waals surface area contributed by atoms with E-state index in [2.05, 4.69) is 17.1 Å². The molecule has 1 aliphatic carbocycles. The fraction of sp³-hybridized carbons (Fsp3) is 0.429. The SMILES string of the molecule is CCOC(=O)[C@@H]1CC=CC[C@H]1c1cccnc1. The minimum Gasteiger partial charge on any atom is -0.466 e. The third-order valence-electron chi connectivity index (χ3n) is 3.13. The van der Waals surface area contributed by atoms with Crippen LogP contribution in [0.5, 0.6) is 0 Å². The average molecular weight is 231 g/mol. The van der Waals surface area contributed by atoms with E-state index in [0.29, 0.717) is 6.61 Å². The smallest absolute Gasteiger partial charge is 0.309 e. The monoisotopic (exact) mass is 231 g/mol. The molecule has 0 unspecified atom stereocenters. The van der Waals surface area contributed by atoms with E-state index in [0.717, 1.165) is 18.4 Å². The van der Waals surface area contributed by atoms with Gasteiger partial charge in [0.05, 0.1) is 12.5 Å². The largest absolute Gasteiger partial charge is 0.466 e. The molecular formula is C14H17NO2.